The van der Waals surface area contributed by atoms with E-state index in [1.54, 1.807) is 17.4 Å². The van der Waals surface area contributed by atoms with Gasteiger partial charge in [-0.15, -0.1) is 11.3 Å². The molecule has 2 aromatic carbocycles. The number of aromatic nitrogens is 3. The van der Waals surface area contributed by atoms with E-state index in [0.29, 0.717) is 24.5 Å². The number of hydrogen-bond donors (Lipinski definition) is 2. The van der Waals surface area contributed by atoms with Crippen LogP contribution in [0.4, 0.5) is 11.6 Å². The number of imide groups is 1. The zero-order valence-electron chi connectivity index (χ0n) is 21.0. The third kappa shape index (κ3) is 5.44. The van der Waals surface area contributed by atoms with Crippen molar-refractivity contribution in [2.75, 3.05) is 10.2 Å². The molecule has 38 heavy (non-hydrogen) atoms. The highest BCUT2D eigenvalue weighted by Crippen LogP contribution is 2.31. The Hall–Kier alpha value is -3.69. The molecule has 2 N–H and O–H groups in total. The number of aliphatic hydroxyl groups excluding tert-OH is 1. The van der Waals surface area contributed by atoms with E-state index in [1.165, 1.54) is 10.5 Å². The molecule has 0 atom stereocenters. The van der Waals surface area contributed by atoms with Crippen LogP contribution in [0, 0.1) is 0 Å². The fourth-order valence-electron chi connectivity index (χ4n) is 5.20. The van der Waals surface area contributed by atoms with Crippen LogP contribution < -0.4 is 10.2 Å². The molecule has 2 fully saturated rings. The minimum absolute atomic E-state index is 0.154. The lowest BCUT2D eigenvalue weighted by atomic mass is 9.93. The first kappa shape index (κ1) is 24.6. The molecule has 2 amide bonds. The predicted octanol–water partition coefficient (Wildman–Crippen LogP) is 4.64. The van der Waals surface area contributed by atoms with Crippen LogP contribution in [0.2, 0.25) is 0 Å². The number of hydrogen-bond acceptors (Lipinski definition) is 8. The Bertz CT molecular complexity index is 1460. The predicted molar refractivity (Wildman–Crippen MR) is 147 cm³/mol. The highest BCUT2D eigenvalue weighted by Gasteiger charge is 2.30. The summed E-state index contributed by atoms with van der Waals surface area (Å²) >= 11 is 1.55. The summed E-state index contributed by atoms with van der Waals surface area (Å²) in [6.07, 6.45) is 4.94. The molecule has 1 saturated carbocycles. The molecule has 4 aromatic rings. The zero-order valence-corrected chi connectivity index (χ0v) is 21.8. The average Bonchev–Trinajstić information content (AvgIpc) is 3.46. The quantitative estimate of drug-likeness (QED) is 0.337. The van der Waals surface area contributed by atoms with Crippen molar-refractivity contribution in [2.45, 2.75) is 63.5 Å². The van der Waals surface area contributed by atoms with E-state index in [0.717, 1.165) is 52.3 Å². The molecule has 0 unspecified atom stereocenters. The van der Waals surface area contributed by atoms with Crippen molar-refractivity contribution in [2.24, 2.45) is 0 Å². The summed E-state index contributed by atoms with van der Waals surface area (Å²) < 4.78 is 0.933. The second kappa shape index (κ2) is 10.6. The fraction of sp³-hybridized carbons (Fsp3) is 0.345. The van der Waals surface area contributed by atoms with Crippen molar-refractivity contribution < 1.29 is 14.7 Å². The Kier molecular flexibility index (Phi) is 6.86. The van der Waals surface area contributed by atoms with Crippen LogP contribution in [-0.4, -0.2) is 44.0 Å². The van der Waals surface area contributed by atoms with Gasteiger partial charge in [-0.2, -0.15) is 0 Å². The van der Waals surface area contributed by atoms with Crippen LogP contribution in [0.5, 0.6) is 0 Å². The molecule has 1 aliphatic heterocycles. The minimum atomic E-state index is -0.213. The van der Waals surface area contributed by atoms with Crippen molar-refractivity contribution in [3.8, 4) is 0 Å². The van der Waals surface area contributed by atoms with Gasteiger partial charge in [0.25, 0.3) is 0 Å². The molecule has 2 aliphatic rings. The van der Waals surface area contributed by atoms with Crippen LogP contribution in [0.3, 0.4) is 0 Å². The lowest BCUT2D eigenvalue weighted by molar-refractivity contribution is -0.121. The number of rotatable bonds is 7. The molecular weight excluding hydrogens is 498 g/mol. The van der Waals surface area contributed by atoms with Gasteiger partial charge in [0.05, 0.1) is 38.4 Å². The summed E-state index contributed by atoms with van der Waals surface area (Å²) in [7, 11) is 0. The topological polar surface area (TPSA) is 108 Å². The molecule has 1 saturated heterocycles. The van der Waals surface area contributed by atoms with Crippen LogP contribution in [0.15, 0.2) is 54.6 Å². The van der Waals surface area contributed by atoms with Crippen molar-refractivity contribution >= 4 is 45.0 Å². The van der Waals surface area contributed by atoms with Gasteiger partial charge in [-0.25, -0.2) is 15.0 Å². The second-order valence-electron chi connectivity index (χ2n) is 10.0. The monoisotopic (exact) mass is 527 g/mol. The molecule has 9 heteroatoms. The van der Waals surface area contributed by atoms with Crippen molar-refractivity contribution in [1.29, 1.82) is 0 Å². The van der Waals surface area contributed by atoms with Crippen molar-refractivity contribution in [1.82, 2.24) is 15.0 Å². The lowest BCUT2D eigenvalue weighted by Gasteiger charge is -2.26. The standard InChI is InChI=1S/C29H29N5O3S/c35-23-9-6-19(7-10-23)30-29-31-20(14-18-4-2-1-3-5-18)15-21(32-29)16-26-33-24-11-8-22(17-25(24)38-26)34-27(36)12-13-28(34)37/h1-5,8,11,15,17,19,23,35H,6-7,9-10,12-14,16H2,(H,30,31,32). The maximum atomic E-state index is 12.2. The number of anilines is 2. The summed E-state index contributed by atoms with van der Waals surface area (Å²) in [6, 6.07) is 18.1. The highest BCUT2D eigenvalue weighted by molar-refractivity contribution is 7.18. The number of carbonyl (C=O) groups excluding carboxylic acids is 2. The smallest absolute Gasteiger partial charge is 0.234 e. The van der Waals surface area contributed by atoms with E-state index in [1.807, 2.05) is 36.4 Å². The van der Waals surface area contributed by atoms with Crippen LogP contribution in [0.25, 0.3) is 10.2 Å². The number of thiazole rings is 1. The van der Waals surface area contributed by atoms with Crippen LogP contribution in [-0.2, 0) is 22.4 Å². The van der Waals surface area contributed by atoms with Crippen molar-refractivity contribution in [3.63, 3.8) is 0 Å². The SMILES string of the molecule is O=C1CCC(=O)N1c1ccc2nc(Cc3cc(Cc4ccccc4)nc(NC4CCC(O)CC4)n3)sc2c1. The van der Waals surface area contributed by atoms with E-state index in [2.05, 4.69) is 17.4 Å². The van der Waals surface area contributed by atoms with Gasteiger partial charge in [0.2, 0.25) is 17.8 Å². The number of nitrogens with zero attached hydrogens (tertiary/aromatic N) is 4. The average molecular weight is 528 g/mol. The Morgan fingerprint density at radius 1 is 0.868 bits per heavy atom. The minimum Gasteiger partial charge on any atom is -0.393 e. The molecule has 2 aromatic heterocycles. The Balaban J connectivity index is 1.26. The number of nitrogens with one attached hydrogen (secondary N) is 1. The maximum Gasteiger partial charge on any atom is 0.234 e. The molecule has 0 bridgehead atoms. The van der Waals surface area contributed by atoms with E-state index in [-0.39, 0.29) is 36.8 Å². The molecule has 1 aliphatic carbocycles. The molecule has 0 radical (unpaired) electrons. The van der Waals surface area contributed by atoms with Gasteiger partial charge >= 0.3 is 0 Å². The van der Waals surface area contributed by atoms with Gasteiger partial charge in [0.15, 0.2) is 0 Å². The first-order chi connectivity index (χ1) is 18.5. The molecular formula is C29H29N5O3S. The number of fused-ring (bicyclic) bond motifs is 1. The summed E-state index contributed by atoms with van der Waals surface area (Å²) in [5.41, 5.74) is 4.45. The number of aliphatic hydroxyl groups is 1. The third-order valence-electron chi connectivity index (χ3n) is 7.15. The van der Waals surface area contributed by atoms with E-state index in [9.17, 15) is 14.7 Å². The number of benzene rings is 2. The molecule has 6 rings (SSSR count). The van der Waals surface area contributed by atoms with E-state index in [4.69, 9.17) is 15.0 Å². The van der Waals surface area contributed by atoms with Gasteiger partial charge < -0.3 is 10.4 Å². The first-order valence-electron chi connectivity index (χ1n) is 13.1. The number of amides is 2. The van der Waals surface area contributed by atoms with Crippen molar-refractivity contribution in [3.05, 3.63) is 76.6 Å². The van der Waals surface area contributed by atoms with Gasteiger partial charge in [0, 0.05) is 31.7 Å². The summed E-state index contributed by atoms with van der Waals surface area (Å²) in [5, 5.41) is 14.3. The van der Waals surface area contributed by atoms with Gasteiger partial charge in [0.1, 0.15) is 0 Å². The summed E-state index contributed by atoms with van der Waals surface area (Å²) in [4.78, 5) is 40.1. The molecule has 0 spiro atoms. The Morgan fingerprint density at radius 2 is 1.58 bits per heavy atom. The normalized spacial score (nSPS) is 19.9. The molecule has 3 heterocycles. The lowest BCUT2D eigenvalue weighted by Crippen LogP contribution is -2.29. The number of carbonyl (C=O) groups is 2. The zero-order chi connectivity index (χ0) is 26.1. The third-order valence-corrected chi connectivity index (χ3v) is 8.17. The maximum absolute atomic E-state index is 12.2. The van der Waals surface area contributed by atoms with Crippen LogP contribution >= 0.6 is 11.3 Å². The fourth-order valence-corrected chi connectivity index (χ4v) is 6.22. The Labute approximate surface area is 224 Å². The Morgan fingerprint density at radius 3 is 2.32 bits per heavy atom. The molecule has 8 nitrogen and oxygen atoms in total. The van der Waals surface area contributed by atoms with Crippen LogP contribution in [0.1, 0.15) is 60.5 Å². The largest absolute Gasteiger partial charge is 0.393 e. The first-order valence-corrected chi connectivity index (χ1v) is 13.9. The summed E-state index contributed by atoms with van der Waals surface area (Å²) in [6.45, 7) is 0. The van der Waals surface area contributed by atoms with Gasteiger partial charge in [-0.1, -0.05) is 30.3 Å². The highest BCUT2D eigenvalue weighted by atomic mass is 32.1. The van der Waals surface area contributed by atoms with Gasteiger partial charge in [-0.3, -0.25) is 14.5 Å². The second-order valence-corrected chi connectivity index (χ2v) is 11.2. The van der Waals surface area contributed by atoms with Gasteiger partial charge in [-0.05, 0) is 55.5 Å². The summed E-state index contributed by atoms with van der Waals surface area (Å²) in [5.74, 6) is 0.307. The molecule has 194 valence electrons. The van der Waals surface area contributed by atoms with E-state index >= 15 is 0 Å². The van der Waals surface area contributed by atoms with E-state index < -0.39 is 0 Å².